The van der Waals surface area contributed by atoms with Crippen LogP contribution in [0.5, 0.6) is 0 Å². The lowest BCUT2D eigenvalue weighted by Crippen LogP contribution is -2.41. The van der Waals surface area contributed by atoms with Crippen LogP contribution < -0.4 is 5.73 Å². The second-order valence-electron chi connectivity index (χ2n) is 4.38. The summed E-state index contributed by atoms with van der Waals surface area (Å²) < 4.78 is 0. The highest BCUT2D eigenvalue weighted by molar-refractivity contribution is 6.35. The molecule has 92 valence electrons. The summed E-state index contributed by atoms with van der Waals surface area (Å²) in [6.45, 7) is 4.82. The number of rotatable bonds is 2. The maximum absolute atomic E-state index is 6.22. The number of benzene rings is 1. The van der Waals surface area contributed by atoms with Crippen LogP contribution in [0.1, 0.15) is 25.5 Å². The summed E-state index contributed by atoms with van der Waals surface area (Å²) in [5.74, 6) is 0.580. The number of nitrogens with zero attached hydrogens (tertiary/aromatic N) is 2. The van der Waals surface area contributed by atoms with Crippen LogP contribution in [0.15, 0.2) is 23.2 Å². The molecule has 1 atom stereocenters. The van der Waals surface area contributed by atoms with Gasteiger partial charge in [-0.1, -0.05) is 29.3 Å². The molecule has 0 fully saturated rings. The van der Waals surface area contributed by atoms with Gasteiger partial charge in [0, 0.05) is 16.1 Å². The van der Waals surface area contributed by atoms with E-state index in [0.717, 1.165) is 5.56 Å². The Kier molecular flexibility index (Phi) is 3.50. The van der Waals surface area contributed by atoms with Crippen molar-refractivity contribution in [2.45, 2.75) is 25.9 Å². The monoisotopic (exact) mass is 271 g/mol. The number of halogens is 2. The molecule has 2 N–H and O–H groups in total. The van der Waals surface area contributed by atoms with E-state index >= 15 is 0 Å². The summed E-state index contributed by atoms with van der Waals surface area (Å²) in [5.41, 5.74) is 6.92. The topological polar surface area (TPSA) is 41.6 Å². The highest BCUT2D eigenvalue weighted by Crippen LogP contribution is 2.33. The minimum Gasteiger partial charge on any atom is -0.370 e. The third-order valence-corrected chi connectivity index (χ3v) is 3.47. The zero-order chi connectivity index (χ0) is 12.6. The van der Waals surface area contributed by atoms with Gasteiger partial charge >= 0.3 is 0 Å². The fourth-order valence-electron chi connectivity index (χ4n) is 2.15. The molecule has 1 heterocycles. The van der Waals surface area contributed by atoms with E-state index in [1.807, 2.05) is 12.1 Å². The molecule has 0 spiro atoms. The van der Waals surface area contributed by atoms with Crippen molar-refractivity contribution >= 4 is 29.2 Å². The van der Waals surface area contributed by atoms with E-state index in [-0.39, 0.29) is 12.1 Å². The second-order valence-corrected chi connectivity index (χ2v) is 5.23. The lowest BCUT2D eigenvalue weighted by Gasteiger charge is -2.30. The minimum absolute atomic E-state index is 0.111. The fourth-order valence-corrected chi connectivity index (χ4v) is 2.69. The molecule has 3 nitrogen and oxygen atoms in total. The van der Waals surface area contributed by atoms with Crippen LogP contribution in [0, 0.1) is 0 Å². The Balaban J connectivity index is 2.35. The highest BCUT2D eigenvalue weighted by Gasteiger charge is 2.30. The largest absolute Gasteiger partial charge is 0.370 e. The quantitative estimate of drug-likeness (QED) is 0.898. The molecular weight excluding hydrogens is 257 g/mol. The number of guanidine groups is 1. The molecule has 0 aliphatic carbocycles. The van der Waals surface area contributed by atoms with Crippen LogP contribution in [-0.4, -0.2) is 23.4 Å². The van der Waals surface area contributed by atoms with Crippen LogP contribution in [0.4, 0.5) is 0 Å². The van der Waals surface area contributed by atoms with Gasteiger partial charge in [-0.25, -0.2) is 0 Å². The van der Waals surface area contributed by atoms with E-state index in [9.17, 15) is 0 Å². The van der Waals surface area contributed by atoms with Crippen molar-refractivity contribution in [3.8, 4) is 0 Å². The molecule has 1 aliphatic heterocycles. The van der Waals surface area contributed by atoms with Crippen molar-refractivity contribution in [2.24, 2.45) is 10.7 Å². The summed E-state index contributed by atoms with van der Waals surface area (Å²) >= 11 is 12.1. The number of nitrogens with two attached hydrogens (primary N) is 1. The molecule has 1 unspecified atom stereocenters. The molecule has 0 bridgehead atoms. The van der Waals surface area contributed by atoms with Crippen molar-refractivity contribution in [1.29, 1.82) is 0 Å². The molecule has 0 saturated carbocycles. The van der Waals surface area contributed by atoms with Crippen molar-refractivity contribution in [3.05, 3.63) is 33.8 Å². The first kappa shape index (κ1) is 12.5. The van der Waals surface area contributed by atoms with E-state index in [0.29, 0.717) is 22.5 Å². The Labute approximate surface area is 111 Å². The van der Waals surface area contributed by atoms with E-state index in [1.165, 1.54) is 0 Å². The van der Waals surface area contributed by atoms with Crippen LogP contribution in [0.2, 0.25) is 10.0 Å². The lowest BCUT2D eigenvalue weighted by molar-refractivity contribution is 0.290. The molecule has 0 radical (unpaired) electrons. The Bertz CT molecular complexity index is 457. The van der Waals surface area contributed by atoms with Gasteiger partial charge in [0.2, 0.25) is 0 Å². The smallest absolute Gasteiger partial charge is 0.192 e. The number of hydrogen-bond acceptors (Lipinski definition) is 3. The third kappa shape index (κ3) is 2.35. The maximum Gasteiger partial charge on any atom is 0.192 e. The Morgan fingerprint density at radius 3 is 2.71 bits per heavy atom. The first-order valence-electron chi connectivity index (χ1n) is 5.54. The normalized spacial score (nSPS) is 19.9. The van der Waals surface area contributed by atoms with Gasteiger partial charge in [0.1, 0.15) is 0 Å². The molecule has 17 heavy (non-hydrogen) atoms. The lowest BCUT2D eigenvalue weighted by atomic mass is 10.1. The summed E-state index contributed by atoms with van der Waals surface area (Å²) in [4.78, 5) is 6.37. The first-order chi connectivity index (χ1) is 8.00. The summed E-state index contributed by atoms with van der Waals surface area (Å²) in [6.07, 6.45) is 0. The summed E-state index contributed by atoms with van der Waals surface area (Å²) in [6, 6.07) is 5.94. The fraction of sp³-hybridized carbons (Fsp3) is 0.417. The standard InChI is InChI=1S/C12H15Cl2N3/c1-7(2)17-11(6-16-12(17)15)9-4-3-8(13)5-10(9)14/h3-5,7,11H,6H2,1-2H3,(H2,15,16). The van der Waals surface area contributed by atoms with Crippen molar-refractivity contribution in [3.63, 3.8) is 0 Å². The molecular formula is C12H15Cl2N3. The van der Waals surface area contributed by atoms with Crippen LogP contribution in [0.25, 0.3) is 0 Å². The molecule has 5 heteroatoms. The van der Waals surface area contributed by atoms with Gasteiger partial charge in [-0.3, -0.25) is 4.99 Å². The number of hydrogen-bond donors (Lipinski definition) is 1. The van der Waals surface area contributed by atoms with E-state index in [1.54, 1.807) is 6.07 Å². The van der Waals surface area contributed by atoms with Gasteiger partial charge in [0.25, 0.3) is 0 Å². The maximum atomic E-state index is 6.22. The van der Waals surface area contributed by atoms with Gasteiger partial charge in [-0.05, 0) is 31.5 Å². The molecule has 1 aromatic rings. The van der Waals surface area contributed by atoms with Gasteiger partial charge in [-0.15, -0.1) is 0 Å². The Hall–Kier alpha value is -0.930. The van der Waals surface area contributed by atoms with Gasteiger partial charge in [0.05, 0.1) is 12.6 Å². The van der Waals surface area contributed by atoms with Gasteiger partial charge < -0.3 is 10.6 Å². The predicted octanol–water partition coefficient (Wildman–Crippen LogP) is 3.07. The van der Waals surface area contributed by atoms with E-state index in [4.69, 9.17) is 28.9 Å². The molecule has 0 aromatic heterocycles. The Morgan fingerprint density at radius 2 is 2.12 bits per heavy atom. The third-order valence-electron chi connectivity index (χ3n) is 2.90. The molecule has 0 saturated heterocycles. The second kappa shape index (κ2) is 4.75. The molecule has 1 aromatic carbocycles. The zero-order valence-electron chi connectivity index (χ0n) is 9.82. The molecule has 1 aliphatic rings. The SMILES string of the molecule is CC(C)N1C(N)=NCC1c1ccc(Cl)cc1Cl. The first-order valence-corrected chi connectivity index (χ1v) is 6.29. The van der Waals surface area contributed by atoms with Crippen molar-refractivity contribution in [1.82, 2.24) is 4.90 Å². The van der Waals surface area contributed by atoms with Crippen LogP contribution >= 0.6 is 23.2 Å². The summed E-state index contributed by atoms with van der Waals surface area (Å²) in [5, 5.41) is 1.31. The average molecular weight is 272 g/mol. The molecule has 2 rings (SSSR count). The minimum atomic E-state index is 0.111. The van der Waals surface area contributed by atoms with E-state index in [2.05, 4.69) is 23.7 Å². The van der Waals surface area contributed by atoms with Crippen LogP contribution in [-0.2, 0) is 0 Å². The highest BCUT2D eigenvalue weighted by atomic mass is 35.5. The average Bonchev–Trinajstić information content (AvgIpc) is 2.60. The van der Waals surface area contributed by atoms with Crippen molar-refractivity contribution < 1.29 is 0 Å². The van der Waals surface area contributed by atoms with Gasteiger partial charge in [0.15, 0.2) is 5.96 Å². The number of aliphatic imine (C=N–C) groups is 1. The van der Waals surface area contributed by atoms with Crippen LogP contribution in [0.3, 0.4) is 0 Å². The van der Waals surface area contributed by atoms with E-state index < -0.39 is 0 Å². The zero-order valence-corrected chi connectivity index (χ0v) is 11.3. The predicted molar refractivity (Wildman–Crippen MR) is 72.7 cm³/mol. The van der Waals surface area contributed by atoms with Crippen molar-refractivity contribution in [2.75, 3.05) is 6.54 Å². The summed E-state index contributed by atoms with van der Waals surface area (Å²) in [7, 11) is 0. The van der Waals surface area contributed by atoms with Gasteiger partial charge in [-0.2, -0.15) is 0 Å². The Morgan fingerprint density at radius 1 is 1.41 bits per heavy atom. The molecule has 0 amide bonds.